The van der Waals surface area contributed by atoms with Gasteiger partial charge in [0.05, 0.1) is 26.4 Å². The Morgan fingerprint density at radius 3 is 2.08 bits per heavy atom. The Hall–Kier alpha value is -1.73. The van der Waals surface area contributed by atoms with E-state index < -0.39 is 30.7 Å². The summed E-state index contributed by atoms with van der Waals surface area (Å²) in [5.74, 6) is 0.795. The first-order valence-electron chi connectivity index (χ1n) is 13.0. The topological polar surface area (TPSA) is 83.1 Å². The molecule has 0 aliphatic carbocycles. The minimum atomic E-state index is -0.739. The van der Waals surface area contributed by atoms with Gasteiger partial charge in [0, 0.05) is 33.3 Å². The van der Waals surface area contributed by atoms with Gasteiger partial charge in [-0.3, -0.25) is 0 Å². The lowest BCUT2D eigenvalue weighted by Gasteiger charge is -2.47. The van der Waals surface area contributed by atoms with Crippen molar-refractivity contribution in [3.8, 4) is 5.75 Å². The van der Waals surface area contributed by atoms with Crippen LogP contribution in [-0.4, -0.2) is 96.6 Å². The molecule has 2 fully saturated rings. The van der Waals surface area contributed by atoms with E-state index in [0.29, 0.717) is 13.2 Å². The standard InChI is InChI=1S/C29H40O9S/c1-18-23(35-16-19-12-14-20(30-2)15-13-19)25(32-4)26(33-5)28(37-18)38-24-22(31-3)17-36-29(27(24)34-6)39-21-10-8-7-9-11-21/h7-15,18,22-29H,16-17H2,1-6H3/t18-,22+,23+,24+,25+,26-,27+,28+,29+/m0/s1. The Kier molecular flexibility index (Phi) is 11.5. The Balaban J connectivity index is 1.47. The van der Waals surface area contributed by atoms with Gasteiger partial charge in [0.1, 0.15) is 47.8 Å². The van der Waals surface area contributed by atoms with Gasteiger partial charge in [0.25, 0.3) is 0 Å². The molecular weight excluding hydrogens is 524 g/mol. The number of benzene rings is 2. The van der Waals surface area contributed by atoms with Gasteiger partial charge < -0.3 is 42.6 Å². The summed E-state index contributed by atoms with van der Waals surface area (Å²) >= 11 is 1.59. The van der Waals surface area contributed by atoms with Crippen LogP contribution in [0.3, 0.4) is 0 Å². The summed E-state index contributed by atoms with van der Waals surface area (Å²) < 4.78 is 54.1. The predicted molar refractivity (Wildman–Crippen MR) is 146 cm³/mol. The fourth-order valence-electron chi connectivity index (χ4n) is 4.99. The molecule has 9 nitrogen and oxygen atoms in total. The van der Waals surface area contributed by atoms with Crippen molar-refractivity contribution >= 4 is 11.8 Å². The molecule has 9 atom stereocenters. The lowest BCUT2D eigenvalue weighted by atomic mass is 9.98. The largest absolute Gasteiger partial charge is 0.497 e. The van der Waals surface area contributed by atoms with Gasteiger partial charge in [-0.25, -0.2) is 0 Å². The summed E-state index contributed by atoms with van der Waals surface area (Å²) in [6.45, 7) is 2.69. The first kappa shape index (κ1) is 30.2. The van der Waals surface area contributed by atoms with E-state index in [0.717, 1.165) is 16.2 Å². The molecule has 2 saturated heterocycles. The lowest BCUT2D eigenvalue weighted by Crippen LogP contribution is -2.63. The van der Waals surface area contributed by atoms with Crippen molar-refractivity contribution in [1.82, 2.24) is 0 Å². The van der Waals surface area contributed by atoms with E-state index in [1.807, 2.05) is 61.5 Å². The van der Waals surface area contributed by atoms with Gasteiger partial charge in [-0.05, 0) is 36.8 Å². The van der Waals surface area contributed by atoms with E-state index >= 15 is 0 Å². The highest BCUT2D eigenvalue weighted by molar-refractivity contribution is 7.99. The molecule has 2 aliphatic heterocycles. The van der Waals surface area contributed by atoms with Gasteiger partial charge >= 0.3 is 0 Å². The van der Waals surface area contributed by atoms with Crippen LogP contribution in [0.1, 0.15) is 12.5 Å². The zero-order valence-electron chi connectivity index (χ0n) is 23.4. The number of rotatable bonds is 12. The summed E-state index contributed by atoms with van der Waals surface area (Å²) in [6, 6.07) is 17.8. The maximum atomic E-state index is 6.61. The SMILES string of the molecule is COc1ccc(CO[C@H]2[C@@H](OC)[C@H](OC)[C@@H](O[C@H]3[C@@H](OC)[C@@H](Sc4ccccc4)OC[C@H]3OC)O[C@H]2C)cc1. The van der Waals surface area contributed by atoms with Crippen LogP contribution >= 0.6 is 11.8 Å². The fraction of sp³-hybridized carbons (Fsp3) is 0.586. The molecule has 39 heavy (non-hydrogen) atoms. The zero-order valence-corrected chi connectivity index (χ0v) is 24.2. The van der Waals surface area contributed by atoms with Crippen LogP contribution < -0.4 is 4.74 Å². The van der Waals surface area contributed by atoms with Crippen LogP contribution in [0.25, 0.3) is 0 Å². The van der Waals surface area contributed by atoms with Crippen molar-refractivity contribution in [3.63, 3.8) is 0 Å². The molecule has 2 heterocycles. The smallest absolute Gasteiger partial charge is 0.187 e. The van der Waals surface area contributed by atoms with E-state index in [9.17, 15) is 0 Å². The summed E-state index contributed by atoms with van der Waals surface area (Å²) in [5, 5.41) is 0. The average Bonchev–Trinajstić information content (AvgIpc) is 2.97. The van der Waals surface area contributed by atoms with Crippen LogP contribution in [0.15, 0.2) is 59.5 Å². The molecule has 216 valence electrons. The lowest BCUT2D eigenvalue weighted by molar-refractivity contribution is -0.339. The summed E-state index contributed by atoms with van der Waals surface area (Å²) in [4.78, 5) is 1.08. The molecule has 0 N–H and O–H groups in total. The van der Waals surface area contributed by atoms with Crippen molar-refractivity contribution < 1.29 is 42.6 Å². The number of hydrogen-bond acceptors (Lipinski definition) is 10. The summed E-state index contributed by atoms with van der Waals surface area (Å²) in [7, 11) is 8.20. The molecule has 2 aromatic rings. The highest BCUT2D eigenvalue weighted by Crippen LogP contribution is 2.36. The second kappa shape index (κ2) is 14.8. The predicted octanol–water partition coefficient (Wildman–Crippen LogP) is 3.92. The molecule has 0 radical (unpaired) electrons. The van der Waals surface area contributed by atoms with Crippen LogP contribution in [0, 0.1) is 0 Å². The maximum absolute atomic E-state index is 6.61. The number of hydrogen-bond donors (Lipinski definition) is 0. The Morgan fingerprint density at radius 1 is 0.769 bits per heavy atom. The van der Waals surface area contributed by atoms with E-state index in [-0.39, 0.29) is 23.7 Å². The number of thioether (sulfide) groups is 1. The van der Waals surface area contributed by atoms with Crippen molar-refractivity contribution in [3.05, 3.63) is 60.2 Å². The molecule has 0 spiro atoms. The molecule has 0 saturated carbocycles. The van der Waals surface area contributed by atoms with Gasteiger partial charge in [-0.2, -0.15) is 0 Å². The molecule has 4 rings (SSSR count). The highest BCUT2D eigenvalue weighted by atomic mass is 32.2. The molecule has 0 bridgehead atoms. The first-order chi connectivity index (χ1) is 19.0. The first-order valence-corrected chi connectivity index (χ1v) is 13.9. The van der Waals surface area contributed by atoms with E-state index in [1.165, 1.54) is 0 Å². The van der Waals surface area contributed by atoms with E-state index in [4.69, 9.17) is 42.6 Å². The third-order valence-corrected chi connectivity index (χ3v) is 8.30. The Labute approximate surface area is 235 Å². The molecule has 0 amide bonds. The third kappa shape index (κ3) is 7.32. The monoisotopic (exact) mass is 564 g/mol. The average molecular weight is 565 g/mol. The molecule has 2 aliphatic rings. The number of ether oxygens (including phenoxy) is 9. The van der Waals surface area contributed by atoms with Crippen molar-refractivity contribution in [1.29, 1.82) is 0 Å². The number of methoxy groups -OCH3 is 5. The summed E-state index contributed by atoms with van der Waals surface area (Å²) in [5.41, 5.74) is 0.717. The van der Waals surface area contributed by atoms with Gasteiger partial charge in [0.15, 0.2) is 6.29 Å². The van der Waals surface area contributed by atoms with Gasteiger partial charge in [0.2, 0.25) is 0 Å². The second-order valence-electron chi connectivity index (χ2n) is 9.44. The minimum Gasteiger partial charge on any atom is -0.497 e. The molecule has 0 unspecified atom stereocenters. The fourth-order valence-corrected chi connectivity index (χ4v) is 6.12. The van der Waals surface area contributed by atoms with Crippen molar-refractivity contribution in [2.24, 2.45) is 0 Å². The summed E-state index contributed by atoms with van der Waals surface area (Å²) in [6.07, 6.45) is -3.69. The van der Waals surface area contributed by atoms with E-state index in [2.05, 4.69) is 0 Å². The van der Waals surface area contributed by atoms with Crippen LogP contribution in [0.4, 0.5) is 0 Å². The third-order valence-electron chi connectivity index (χ3n) is 7.12. The van der Waals surface area contributed by atoms with Gasteiger partial charge in [-0.15, -0.1) is 0 Å². The normalized spacial score (nSPS) is 33.1. The Morgan fingerprint density at radius 2 is 1.46 bits per heavy atom. The highest BCUT2D eigenvalue weighted by Gasteiger charge is 2.50. The molecule has 2 aromatic carbocycles. The molecular formula is C29H40O9S. The second-order valence-corrected chi connectivity index (χ2v) is 10.6. The zero-order chi connectivity index (χ0) is 27.8. The van der Waals surface area contributed by atoms with Crippen molar-refractivity contribution in [2.75, 3.05) is 42.2 Å². The van der Waals surface area contributed by atoms with Crippen LogP contribution in [0.5, 0.6) is 5.75 Å². The van der Waals surface area contributed by atoms with E-state index in [1.54, 1.807) is 47.3 Å². The molecule has 10 heteroatoms. The van der Waals surface area contributed by atoms with Crippen LogP contribution in [0.2, 0.25) is 0 Å². The quantitative estimate of drug-likeness (QED) is 0.378. The van der Waals surface area contributed by atoms with Crippen molar-refractivity contribution in [2.45, 2.75) is 72.9 Å². The van der Waals surface area contributed by atoms with Crippen LogP contribution in [-0.2, 0) is 44.5 Å². The van der Waals surface area contributed by atoms with Gasteiger partial charge in [-0.1, -0.05) is 42.1 Å². The Bertz CT molecular complexity index is 978. The minimum absolute atomic E-state index is 0.297. The maximum Gasteiger partial charge on any atom is 0.187 e. The molecule has 0 aromatic heterocycles.